The molecule has 2 nitrogen and oxygen atoms in total. The molecular weight excluding hydrogens is 242 g/mol. The van der Waals surface area contributed by atoms with Gasteiger partial charge in [0.15, 0.2) is 10.8 Å². The highest BCUT2D eigenvalue weighted by atomic mass is 32.1. The van der Waals surface area contributed by atoms with Gasteiger partial charge >= 0.3 is 0 Å². The number of benzene rings is 1. The maximum absolute atomic E-state index is 11.6. The fourth-order valence-electron chi connectivity index (χ4n) is 1.46. The number of thiazole rings is 1. The van der Waals surface area contributed by atoms with Crippen LogP contribution in [0.15, 0.2) is 35.7 Å². The Kier molecular flexibility index (Phi) is 4.27. The van der Waals surface area contributed by atoms with Crippen molar-refractivity contribution >= 4 is 17.1 Å². The average Bonchev–Trinajstić information content (AvgIpc) is 2.87. The highest BCUT2D eigenvalue weighted by Gasteiger charge is 2.08. The van der Waals surface area contributed by atoms with Crippen molar-refractivity contribution in [3.63, 3.8) is 0 Å². The van der Waals surface area contributed by atoms with E-state index in [1.807, 2.05) is 37.3 Å². The van der Waals surface area contributed by atoms with Crippen LogP contribution in [0.4, 0.5) is 0 Å². The third-order valence-electron chi connectivity index (χ3n) is 2.35. The highest BCUT2D eigenvalue weighted by Crippen LogP contribution is 2.11. The molecule has 0 N–H and O–H groups in total. The first kappa shape index (κ1) is 12.5. The molecule has 0 saturated carbocycles. The van der Waals surface area contributed by atoms with Crippen molar-refractivity contribution < 1.29 is 4.79 Å². The van der Waals surface area contributed by atoms with Gasteiger partial charge < -0.3 is 0 Å². The molecule has 18 heavy (non-hydrogen) atoms. The summed E-state index contributed by atoms with van der Waals surface area (Å²) in [5.74, 6) is 6.11. The average molecular weight is 255 g/mol. The van der Waals surface area contributed by atoms with Gasteiger partial charge in [-0.05, 0) is 24.5 Å². The zero-order valence-electron chi connectivity index (χ0n) is 10.1. The lowest BCUT2D eigenvalue weighted by atomic mass is 10.2. The number of hydrogen-bond donors (Lipinski definition) is 0. The summed E-state index contributed by atoms with van der Waals surface area (Å²) in [6.07, 6.45) is 1.40. The van der Waals surface area contributed by atoms with Crippen molar-refractivity contribution in [3.05, 3.63) is 52.0 Å². The number of hydrogen-bond acceptors (Lipinski definition) is 3. The molecule has 0 radical (unpaired) electrons. The minimum atomic E-state index is 0.0986. The van der Waals surface area contributed by atoms with Gasteiger partial charge in [0.25, 0.3) is 0 Å². The number of Topliss-reactive ketones (excluding diaryl/α,β-unsaturated/α-hetero) is 1. The third kappa shape index (κ3) is 3.28. The van der Waals surface area contributed by atoms with E-state index < -0.39 is 0 Å². The molecule has 0 amide bonds. The maximum Gasteiger partial charge on any atom is 0.182 e. The van der Waals surface area contributed by atoms with Crippen LogP contribution in [0.3, 0.4) is 0 Å². The normalized spacial score (nSPS) is 9.61. The summed E-state index contributed by atoms with van der Waals surface area (Å²) in [5.41, 5.74) is 1.49. The van der Waals surface area contributed by atoms with Crippen molar-refractivity contribution in [1.29, 1.82) is 0 Å². The molecule has 1 aromatic heterocycles. The number of aromatic nitrogens is 1. The molecule has 0 unspecified atom stereocenters. The highest BCUT2D eigenvalue weighted by molar-refractivity contribution is 7.10. The standard InChI is InChI=1S/C15H13NOS/c1-2-6-14(17)13-11-18-15(16-13)10-9-12-7-4-3-5-8-12/h3-5,7-8,11H,2,6H2,1H3. The lowest BCUT2D eigenvalue weighted by Gasteiger charge is -1.90. The zero-order chi connectivity index (χ0) is 12.8. The molecule has 0 aliphatic heterocycles. The molecule has 1 heterocycles. The first-order chi connectivity index (χ1) is 8.79. The van der Waals surface area contributed by atoms with Gasteiger partial charge in [-0.25, -0.2) is 4.98 Å². The SMILES string of the molecule is CCCC(=O)c1csc(C#Cc2ccccc2)n1. The summed E-state index contributed by atoms with van der Waals surface area (Å²) in [5, 5.41) is 2.48. The van der Waals surface area contributed by atoms with E-state index in [2.05, 4.69) is 16.8 Å². The number of rotatable bonds is 3. The molecule has 3 heteroatoms. The van der Waals surface area contributed by atoms with Gasteiger partial charge in [0.05, 0.1) is 0 Å². The van der Waals surface area contributed by atoms with E-state index in [-0.39, 0.29) is 5.78 Å². The number of ketones is 1. The second kappa shape index (κ2) is 6.13. The van der Waals surface area contributed by atoms with E-state index in [1.165, 1.54) is 11.3 Å². The van der Waals surface area contributed by atoms with Crippen LogP contribution in [0.2, 0.25) is 0 Å². The maximum atomic E-state index is 11.6. The lowest BCUT2D eigenvalue weighted by molar-refractivity contribution is 0.0977. The van der Waals surface area contributed by atoms with Crippen LogP contribution in [0.5, 0.6) is 0 Å². The Morgan fingerprint density at radius 3 is 2.78 bits per heavy atom. The van der Waals surface area contributed by atoms with Crippen LogP contribution in [-0.4, -0.2) is 10.8 Å². The third-order valence-corrected chi connectivity index (χ3v) is 3.11. The largest absolute Gasteiger partial charge is 0.292 e. The van der Waals surface area contributed by atoms with Crippen LogP contribution in [0, 0.1) is 11.8 Å². The molecule has 0 aliphatic carbocycles. The summed E-state index contributed by atoms with van der Waals surface area (Å²) >= 11 is 1.42. The second-order valence-electron chi connectivity index (χ2n) is 3.83. The Labute approximate surface area is 111 Å². The van der Waals surface area contributed by atoms with Crippen LogP contribution >= 0.6 is 11.3 Å². The van der Waals surface area contributed by atoms with E-state index >= 15 is 0 Å². The van der Waals surface area contributed by atoms with Crippen LogP contribution in [-0.2, 0) is 0 Å². The van der Waals surface area contributed by atoms with Gasteiger partial charge in [-0.3, -0.25) is 4.79 Å². The van der Waals surface area contributed by atoms with Crippen molar-refractivity contribution in [3.8, 4) is 11.8 Å². The van der Waals surface area contributed by atoms with Gasteiger partial charge in [-0.2, -0.15) is 0 Å². The van der Waals surface area contributed by atoms with E-state index in [0.717, 1.165) is 12.0 Å². The molecule has 90 valence electrons. The van der Waals surface area contributed by atoms with E-state index in [4.69, 9.17) is 0 Å². The van der Waals surface area contributed by atoms with Gasteiger partial charge in [0, 0.05) is 17.4 Å². The Morgan fingerprint density at radius 2 is 2.06 bits per heavy atom. The molecule has 0 aliphatic rings. The van der Waals surface area contributed by atoms with Crippen LogP contribution in [0.1, 0.15) is 40.8 Å². The molecular formula is C15H13NOS. The fraction of sp³-hybridized carbons (Fsp3) is 0.200. The first-order valence-corrected chi connectivity index (χ1v) is 6.73. The van der Waals surface area contributed by atoms with Crippen molar-refractivity contribution in [2.45, 2.75) is 19.8 Å². The summed E-state index contributed by atoms with van der Waals surface area (Å²) in [6, 6.07) is 9.74. The summed E-state index contributed by atoms with van der Waals surface area (Å²) in [6.45, 7) is 1.99. The van der Waals surface area contributed by atoms with E-state index in [1.54, 1.807) is 5.38 Å². The van der Waals surface area contributed by atoms with Gasteiger partial charge in [0.1, 0.15) is 5.69 Å². The van der Waals surface area contributed by atoms with Crippen LogP contribution < -0.4 is 0 Å². The molecule has 0 saturated heterocycles. The summed E-state index contributed by atoms with van der Waals surface area (Å²) < 4.78 is 0. The smallest absolute Gasteiger partial charge is 0.182 e. The minimum Gasteiger partial charge on any atom is -0.292 e. The van der Waals surface area contributed by atoms with Gasteiger partial charge in [-0.1, -0.05) is 31.0 Å². The Hall–Kier alpha value is -1.92. The molecule has 0 atom stereocenters. The minimum absolute atomic E-state index is 0.0986. The number of carbonyl (C=O) groups excluding carboxylic acids is 1. The number of carbonyl (C=O) groups is 1. The van der Waals surface area contributed by atoms with E-state index in [0.29, 0.717) is 17.1 Å². The molecule has 0 fully saturated rings. The molecule has 0 bridgehead atoms. The van der Waals surface area contributed by atoms with Gasteiger partial charge in [-0.15, -0.1) is 11.3 Å². The predicted molar refractivity (Wildman–Crippen MR) is 73.8 cm³/mol. The summed E-state index contributed by atoms with van der Waals surface area (Å²) in [7, 11) is 0. The zero-order valence-corrected chi connectivity index (χ0v) is 11.0. The monoisotopic (exact) mass is 255 g/mol. The quantitative estimate of drug-likeness (QED) is 0.620. The van der Waals surface area contributed by atoms with Crippen molar-refractivity contribution in [2.24, 2.45) is 0 Å². The predicted octanol–water partition coefficient (Wildman–Crippen LogP) is 3.53. The molecule has 2 rings (SSSR count). The molecule has 2 aromatic rings. The van der Waals surface area contributed by atoms with Gasteiger partial charge in [0.2, 0.25) is 0 Å². The van der Waals surface area contributed by atoms with Crippen molar-refractivity contribution in [2.75, 3.05) is 0 Å². The van der Waals surface area contributed by atoms with E-state index in [9.17, 15) is 4.79 Å². The number of nitrogens with zero attached hydrogens (tertiary/aromatic N) is 1. The first-order valence-electron chi connectivity index (χ1n) is 5.85. The van der Waals surface area contributed by atoms with Crippen molar-refractivity contribution in [1.82, 2.24) is 4.98 Å². The second-order valence-corrected chi connectivity index (χ2v) is 4.69. The molecule has 1 aromatic carbocycles. The topological polar surface area (TPSA) is 30.0 Å². The summed E-state index contributed by atoms with van der Waals surface area (Å²) in [4.78, 5) is 15.9. The Morgan fingerprint density at radius 1 is 1.28 bits per heavy atom. The Bertz CT molecular complexity index is 590. The molecule has 0 spiro atoms. The fourth-order valence-corrected chi connectivity index (χ4v) is 2.13. The Balaban J connectivity index is 2.12. The lowest BCUT2D eigenvalue weighted by Crippen LogP contribution is -1.98. The van der Waals surface area contributed by atoms with Crippen LogP contribution in [0.25, 0.3) is 0 Å².